The lowest BCUT2D eigenvalue weighted by atomic mass is 9.95. The predicted octanol–water partition coefficient (Wildman–Crippen LogP) is 3.44. The lowest BCUT2D eigenvalue weighted by molar-refractivity contribution is -0.137. The SMILES string of the molecule is NC(c1ccccc1)C(O)c1cccc(C(F)(F)F)c1. The zero-order valence-electron chi connectivity index (χ0n) is 10.5. The second-order valence-electron chi connectivity index (χ2n) is 4.50. The zero-order valence-corrected chi connectivity index (χ0v) is 10.5. The van der Waals surface area contributed by atoms with Crippen LogP contribution in [0.15, 0.2) is 54.6 Å². The van der Waals surface area contributed by atoms with Gasteiger partial charge in [-0.3, -0.25) is 0 Å². The van der Waals surface area contributed by atoms with Crippen LogP contribution in [-0.4, -0.2) is 5.11 Å². The molecule has 0 aliphatic carbocycles. The Hall–Kier alpha value is -1.85. The van der Waals surface area contributed by atoms with E-state index in [1.807, 2.05) is 0 Å². The fraction of sp³-hybridized carbons (Fsp3) is 0.200. The highest BCUT2D eigenvalue weighted by molar-refractivity contribution is 5.30. The summed E-state index contributed by atoms with van der Waals surface area (Å²) >= 11 is 0. The molecule has 0 aliphatic heterocycles. The number of aliphatic hydroxyl groups excluding tert-OH is 1. The van der Waals surface area contributed by atoms with Crippen LogP contribution >= 0.6 is 0 Å². The Bertz CT molecular complexity index is 569. The Kier molecular flexibility index (Phi) is 4.11. The van der Waals surface area contributed by atoms with Crippen LogP contribution < -0.4 is 5.73 Å². The Morgan fingerprint density at radius 1 is 0.900 bits per heavy atom. The minimum atomic E-state index is -4.44. The quantitative estimate of drug-likeness (QED) is 0.905. The van der Waals surface area contributed by atoms with E-state index in [0.717, 1.165) is 12.1 Å². The van der Waals surface area contributed by atoms with Crippen molar-refractivity contribution in [2.24, 2.45) is 5.73 Å². The number of benzene rings is 2. The third-order valence-corrected chi connectivity index (χ3v) is 3.08. The van der Waals surface area contributed by atoms with E-state index in [2.05, 4.69) is 0 Å². The number of rotatable bonds is 3. The molecule has 0 heterocycles. The van der Waals surface area contributed by atoms with Gasteiger partial charge in [0.2, 0.25) is 0 Å². The molecule has 0 saturated heterocycles. The van der Waals surface area contributed by atoms with Crippen LogP contribution in [0.3, 0.4) is 0 Å². The van der Waals surface area contributed by atoms with Gasteiger partial charge in [-0.15, -0.1) is 0 Å². The second-order valence-corrected chi connectivity index (χ2v) is 4.50. The third-order valence-electron chi connectivity index (χ3n) is 3.08. The third kappa shape index (κ3) is 3.18. The summed E-state index contributed by atoms with van der Waals surface area (Å²) in [5, 5.41) is 10.1. The van der Waals surface area contributed by atoms with E-state index in [-0.39, 0.29) is 5.56 Å². The molecule has 0 saturated carbocycles. The highest BCUT2D eigenvalue weighted by Crippen LogP contribution is 2.33. The maximum atomic E-state index is 12.6. The Morgan fingerprint density at radius 3 is 2.10 bits per heavy atom. The predicted molar refractivity (Wildman–Crippen MR) is 69.8 cm³/mol. The van der Waals surface area contributed by atoms with Gasteiger partial charge in [-0.05, 0) is 23.3 Å². The van der Waals surface area contributed by atoms with Gasteiger partial charge in [0.05, 0.1) is 17.7 Å². The number of hydrogen-bond donors (Lipinski definition) is 2. The lowest BCUT2D eigenvalue weighted by Gasteiger charge is -2.20. The molecule has 0 fully saturated rings. The lowest BCUT2D eigenvalue weighted by Crippen LogP contribution is -2.20. The minimum absolute atomic E-state index is 0.149. The molecular weight excluding hydrogens is 267 g/mol. The largest absolute Gasteiger partial charge is 0.416 e. The van der Waals surface area contributed by atoms with Gasteiger partial charge in [0.1, 0.15) is 0 Å². The summed E-state index contributed by atoms with van der Waals surface area (Å²) in [7, 11) is 0. The van der Waals surface area contributed by atoms with Gasteiger partial charge in [0.25, 0.3) is 0 Å². The average Bonchev–Trinajstić information content (AvgIpc) is 2.46. The molecule has 2 atom stereocenters. The second kappa shape index (κ2) is 5.64. The van der Waals surface area contributed by atoms with Crippen LogP contribution in [0.25, 0.3) is 0 Å². The monoisotopic (exact) mass is 281 g/mol. The molecular formula is C15H14F3NO. The van der Waals surface area contributed by atoms with E-state index in [1.54, 1.807) is 30.3 Å². The van der Waals surface area contributed by atoms with E-state index in [1.165, 1.54) is 12.1 Å². The van der Waals surface area contributed by atoms with Crippen LogP contribution in [0.1, 0.15) is 28.8 Å². The van der Waals surface area contributed by atoms with Gasteiger partial charge in [0, 0.05) is 0 Å². The molecule has 2 nitrogen and oxygen atoms in total. The van der Waals surface area contributed by atoms with Gasteiger partial charge < -0.3 is 10.8 Å². The summed E-state index contributed by atoms with van der Waals surface area (Å²) in [4.78, 5) is 0. The van der Waals surface area contributed by atoms with Crippen LogP contribution in [0, 0.1) is 0 Å². The van der Waals surface area contributed by atoms with Crippen molar-refractivity contribution in [2.45, 2.75) is 18.3 Å². The van der Waals surface area contributed by atoms with Crippen LogP contribution in [0.5, 0.6) is 0 Å². The standard InChI is InChI=1S/C15H14F3NO/c16-15(17,18)12-8-4-7-11(9-12)14(20)13(19)10-5-2-1-3-6-10/h1-9,13-14,20H,19H2. The van der Waals surface area contributed by atoms with Gasteiger partial charge in [-0.1, -0.05) is 42.5 Å². The van der Waals surface area contributed by atoms with Crippen molar-refractivity contribution >= 4 is 0 Å². The first-order valence-electron chi connectivity index (χ1n) is 6.05. The molecule has 0 aromatic heterocycles. The van der Waals surface area contributed by atoms with E-state index in [9.17, 15) is 18.3 Å². The maximum Gasteiger partial charge on any atom is 0.416 e. The molecule has 3 N–H and O–H groups in total. The van der Waals surface area contributed by atoms with E-state index >= 15 is 0 Å². The highest BCUT2D eigenvalue weighted by Gasteiger charge is 2.31. The summed E-state index contributed by atoms with van der Waals surface area (Å²) in [5.41, 5.74) is 5.91. The normalized spacial score (nSPS) is 14.8. The molecule has 0 spiro atoms. The summed E-state index contributed by atoms with van der Waals surface area (Å²) in [6, 6.07) is 12.6. The first-order valence-corrected chi connectivity index (χ1v) is 6.05. The summed E-state index contributed by atoms with van der Waals surface area (Å²) in [6.45, 7) is 0. The minimum Gasteiger partial charge on any atom is -0.386 e. The van der Waals surface area contributed by atoms with E-state index < -0.39 is 23.9 Å². The molecule has 5 heteroatoms. The number of nitrogens with two attached hydrogens (primary N) is 1. The van der Waals surface area contributed by atoms with Crippen molar-refractivity contribution < 1.29 is 18.3 Å². The summed E-state index contributed by atoms with van der Waals surface area (Å²) in [5.74, 6) is 0. The number of hydrogen-bond acceptors (Lipinski definition) is 2. The summed E-state index contributed by atoms with van der Waals surface area (Å²) < 4.78 is 37.9. The molecule has 2 unspecified atom stereocenters. The smallest absolute Gasteiger partial charge is 0.386 e. The topological polar surface area (TPSA) is 46.2 Å². The first kappa shape index (κ1) is 14.6. The van der Waals surface area contributed by atoms with Crippen molar-refractivity contribution in [1.29, 1.82) is 0 Å². The van der Waals surface area contributed by atoms with Crippen molar-refractivity contribution in [3.63, 3.8) is 0 Å². The van der Waals surface area contributed by atoms with Crippen molar-refractivity contribution in [2.75, 3.05) is 0 Å². The summed E-state index contributed by atoms with van der Waals surface area (Å²) in [6.07, 6.45) is -5.63. The first-order chi connectivity index (χ1) is 9.39. The number of halogens is 3. The van der Waals surface area contributed by atoms with Crippen molar-refractivity contribution in [1.82, 2.24) is 0 Å². The van der Waals surface area contributed by atoms with E-state index in [0.29, 0.717) is 5.56 Å². The fourth-order valence-electron chi connectivity index (χ4n) is 1.96. The molecule has 2 rings (SSSR count). The Morgan fingerprint density at radius 2 is 1.50 bits per heavy atom. The molecule has 106 valence electrons. The van der Waals surface area contributed by atoms with Gasteiger partial charge >= 0.3 is 6.18 Å². The zero-order chi connectivity index (χ0) is 14.8. The number of alkyl halides is 3. The number of aliphatic hydroxyl groups is 1. The van der Waals surface area contributed by atoms with Crippen LogP contribution in [0.4, 0.5) is 13.2 Å². The molecule has 0 amide bonds. The molecule has 0 bridgehead atoms. The Labute approximate surface area is 114 Å². The molecule has 2 aromatic carbocycles. The molecule has 0 aliphatic rings. The van der Waals surface area contributed by atoms with Crippen LogP contribution in [0.2, 0.25) is 0 Å². The Balaban J connectivity index is 2.27. The highest BCUT2D eigenvalue weighted by atomic mass is 19.4. The van der Waals surface area contributed by atoms with Gasteiger partial charge in [0.15, 0.2) is 0 Å². The van der Waals surface area contributed by atoms with E-state index in [4.69, 9.17) is 5.73 Å². The molecule has 20 heavy (non-hydrogen) atoms. The van der Waals surface area contributed by atoms with Gasteiger partial charge in [-0.2, -0.15) is 13.2 Å². The van der Waals surface area contributed by atoms with Crippen LogP contribution in [-0.2, 0) is 6.18 Å². The average molecular weight is 281 g/mol. The fourth-order valence-corrected chi connectivity index (χ4v) is 1.96. The van der Waals surface area contributed by atoms with Crippen molar-refractivity contribution in [3.05, 3.63) is 71.3 Å². The molecule has 0 radical (unpaired) electrons. The van der Waals surface area contributed by atoms with Gasteiger partial charge in [-0.25, -0.2) is 0 Å². The molecule has 2 aromatic rings. The van der Waals surface area contributed by atoms with Crippen molar-refractivity contribution in [3.8, 4) is 0 Å². The maximum absolute atomic E-state index is 12.6.